The SMILES string of the molecule is Nc1ncnc2c1c(-c1ccc(Oc3ccccc3)cc1)nn2C1CCCN(C(=O)N2CCC(C3CCN(c4ccc5c(c4)CN(C4CCC(=O)NC4=O)C5=O)CC3)CC2)C1. The van der Waals surface area contributed by atoms with E-state index in [1.807, 2.05) is 81.2 Å². The number of aromatic nitrogens is 4. The molecule has 3 aromatic carbocycles. The first kappa shape index (κ1) is 38.7. The van der Waals surface area contributed by atoms with E-state index in [9.17, 15) is 19.2 Å². The lowest BCUT2D eigenvalue weighted by Crippen LogP contribution is -2.52. The number of amides is 5. The van der Waals surface area contributed by atoms with Crippen LogP contribution in [0, 0.1) is 11.8 Å². The van der Waals surface area contributed by atoms with E-state index in [0.717, 1.165) is 87.3 Å². The number of carbonyl (C=O) groups is 4. The van der Waals surface area contributed by atoms with Crippen LogP contribution in [-0.2, 0) is 16.1 Å². The summed E-state index contributed by atoms with van der Waals surface area (Å²) < 4.78 is 7.97. The van der Waals surface area contributed by atoms with Crippen LogP contribution in [0.5, 0.6) is 11.5 Å². The molecule has 5 amide bonds. The van der Waals surface area contributed by atoms with Gasteiger partial charge in [-0.1, -0.05) is 18.2 Å². The second-order valence-electron chi connectivity index (χ2n) is 17.1. The molecular formula is C46H50N10O5. The lowest BCUT2D eigenvalue weighted by molar-refractivity contribution is -0.136. The molecule has 15 heteroatoms. The highest BCUT2D eigenvalue weighted by molar-refractivity contribution is 6.05. The van der Waals surface area contributed by atoms with Gasteiger partial charge in [-0.3, -0.25) is 19.7 Å². The van der Waals surface area contributed by atoms with Gasteiger partial charge in [-0.15, -0.1) is 0 Å². The number of rotatable bonds is 7. The van der Waals surface area contributed by atoms with Gasteiger partial charge >= 0.3 is 6.03 Å². The van der Waals surface area contributed by atoms with Crippen molar-refractivity contribution in [3.05, 3.63) is 90.3 Å². The number of ether oxygens (including phenoxy) is 1. The zero-order valence-electron chi connectivity index (χ0n) is 34.1. The van der Waals surface area contributed by atoms with Gasteiger partial charge in [-0.05, 0) is 117 Å². The predicted molar refractivity (Wildman–Crippen MR) is 229 cm³/mol. The summed E-state index contributed by atoms with van der Waals surface area (Å²) in [6, 6.07) is 22.9. The van der Waals surface area contributed by atoms with Gasteiger partial charge < -0.3 is 30.1 Å². The van der Waals surface area contributed by atoms with Crippen LogP contribution in [0.2, 0.25) is 0 Å². The van der Waals surface area contributed by atoms with Crippen molar-refractivity contribution >= 4 is 46.3 Å². The average Bonchev–Trinajstić information content (AvgIpc) is 3.85. The number of imide groups is 1. The smallest absolute Gasteiger partial charge is 0.320 e. The Hall–Kier alpha value is -6.51. The second kappa shape index (κ2) is 16.2. The van der Waals surface area contributed by atoms with E-state index in [-0.39, 0.29) is 36.2 Å². The molecule has 2 unspecified atom stereocenters. The van der Waals surface area contributed by atoms with E-state index in [2.05, 4.69) is 26.3 Å². The summed E-state index contributed by atoms with van der Waals surface area (Å²) in [7, 11) is 0. The molecule has 0 spiro atoms. The fourth-order valence-electron chi connectivity index (χ4n) is 10.2. The highest BCUT2D eigenvalue weighted by atomic mass is 16.5. The van der Waals surface area contributed by atoms with Crippen molar-refractivity contribution in [1.82, 2.24) is 39.8 Å². The fourth-order valence-corrected chi connectivity index (χ4v) is 10.2. The summed E-state index contributed by atoms with van der Waals surface area (Å²) in [5, 5.41) is 8.18. The monoisotopic (exact) mass is 822 g/mol. The van der Waals surface area contributed by atoms with Gasteiger partial charge in [0.25, 0.3) is 5.91 Å². The van der Waals surface area contributed by atoms with Crippen molar-refractivity contribution in [1.29, 1.82) is 0 Å². The van der Waals surface area contributed by atoms with Crippen LogP contribution in [0.15, 0.2) is 79.1 Å². The molecule has 15 nitrogen and oxygen atoms in total. The number of nitrogens with one attached hydrogen (secondary N) is 1. The molecule has 5 aliphatic rings. The lowest BCUT2D eigenvalue weighted by atomic mass is 9.78. The number of urea groups is 1. The first-order valence-electron chi connectivity index (χ1n) is 21.7. The molecule has 0 aliphatic carbocycles. The molecule has 2 atom stereocenters. The van der Waals surface area contributed by atoms with Crippen LogP contribution in [0.25, 0.3) is 22.3 Å². The third-order valence-corrected chi connectivity index (χ3v) is 13.5. The van der Waals surface area contributed by atoms with E-state index in [1.54, 1.807) is 4.90 Å². The molecule has 4 saturated heterocycles. The Morgan fingerprint density at radius 1 is 0.787 bits per heavy atom. The minimum atomic E-state index is -0.611. The standard InChI is InChI=1S/C46H50N10O5/c47-42-40-41(31-8-11-36(12-9-31)61-35-6-2-1-3-7-35)51-56(43(40)49-28-48-42)34-5-4-20-54(27-34)46(60)53-23-18-30(19-24-53)29-16-21-52(22-17-29)33-10-13-37-32(25-33)26-55(45(37)59)38-14-15-39(57)50-44(38)58/h1-3,6-13,25,28-30,34,38H,4-5,14-24,26-27H2,(H2,47,48,49)(H,50,57,58). The fraction of sp³-hybridized carbons (Fsp3) is 0.413. The molecule has 2 aromatic heterocycles. The summed E-state index contributed by atoms with van der Waals surface area (Å²) in [4.78, 5) is 68.4. The minimum Gasteiger partial charge on any atom is -0.457 e. The third kappa shape index (κ3) is 7.50. The average molecular weight is 823 g/mol. The molecule has 7 heterocycles. The normalized spacial score (nSPS) is 21.5. The number of carbonyl (C=O) groups excluding carboxylic acids is 4. The van der Waals surface area contributed by atoms with Gasteiger partial charge in [0.1, 0.15) is 35.4 Å². The molecule has 5 aliphatic heterocycles. The number of hydrogen-bond donors (Lipinski definition) is 2. The molecule has 314 valence electrons. The van der Waals surface area contributed by atoms with Gasteiger partial charge in [0.15, 0.2) is 5.65 Å². The molecule has 3 N–H and O–H groups in total. The lowest BCUT2D eigenvalue weighted by Gasteiger charge is -2.42. The van der Waals surface area contributed by atoms with Crippen LogP contribution < -0.4 is 20.7 Å². The van der Waals surface area contributed by atoms with Crippen molar-refractivity contribution in [2.24, 2.45) is 11.8 Å². The molecule has 4 fully saturated rings. The molecular weight excluding hydrogens is 773 g/mol. The number of fused-ring (bicyclic) bond motifs is 2. The Bertz CT molecular complexity index is 2480. The van der Waals surface area contributed by atoms with Crippen molar-refractivity contribution < 1.29 is 23.9 Å². The molecule has 5 aromatic rings. The number of nitrogen functional groups attached to an aromatic ring is 1. The number of nitrogens with two attached hydrogens (primary N) is 1. The molecule has 10 rings (SSSR count). The Balaban J connectivity index is 0.740. The van der Waals surface area contributed by atoms with Crippen LogP contribution in [0.1, 0.15) is 73.3 Å². The zero-order valence-corrected chi connectivity index (χ0v) is 34.1. The molecule has 0 radical (unpaired) electrons. The van der Waals surface area contributed by atoms with Gasteiger partial charge in [0, 0.05) is 69.0 Å². The molecule has 61 heavy (non-hydrogen) atoms. The zero-order chi connectivity index (χ0) is 41.6. The number of hydrogen-bond acceptors (Lipinski definition) is 10. The van der Waals surface area contributed by atoms with Crippen LogP contribution in [0.4, 0.5) is 16.3 Å². The molecule has 0 saturated carbocycles. The number of anilines is 2. The summed E-state index contributed by atoms with van der Waals surface area (Å²) in [5.74, 6) is 2.22. The van der Waals surface area contributed by atoms with E-state index in [0.29, 0.717) is 71.7 Å². The van der Waals surface area contributed by atoms with E-state index in [1.165, 1.54) is 6.33 Å². The Kier molecular flexibility index (Phi) is 10.2. The second-order valence-corrected chi connectivity index (χ2v) is 17.1. The maximum absolute atomic E-state index is 14.1. The summed E-state index contributed by atoms with van der Waals surface area (Å²) >= 11 is 0. The van der Waals surface area contributed by atoms with Crippen LogP contribution in [0.3, 0.4) is 0 Å². The van der Waals surface area contributed by atoms with E-state index >= 15 is 0 Å². The van der Waals surface area contributed by atoms with E-state index < -0.39 is 6.04 Å². The summed E-state index contributed by atoms with van der Waals surface area (Å²) in [6.45, 7) is 5.05. The van der Waals surface area contributed by atoms with Crippen molar-refractivity contribution in [3.63, 3.8) is 0 Å². The van der Waals surface area contributed by atoms with Crippen LogP contribution >= 0.6 is 0 Å². The Labute approximate surface area is 353 Å². The highest BCUT2D eigenvalue weighted by Crippen LogP contribution is 2.38. The van der Waals surface area contributed by atoms with Crippen molar-refractivity contribution in [2.75, 3.05) is 49.9 Å². The largest absolute Gasteiger partial charge is 0.457 e. The van der Waals surface area contributed by atoms with Gasteiger partial charge in [-0.2, -0.15) is 5.10 Å². The first-order valence-corrected chi connectivity index (χ1v) is 21.7. The number of nitrogens with zero attached hydrogens (tertiary/aromatic N) is 8. The summed E-state index contributed by atoms with van der Waals surface area (Å²) in [6.07, 6.45) is 8.01. The van der Waals surface area contributed by atoms with Crippen LogP contribution in [-0.4, -0.2) is 104 Å². The number of para-hydroxylation sites is 1. The first-order chi connectivity index (χ1) is 29.8. The number of benzene rings is 3. The maximum atomic E-state index is 14.1. The van der Waals surface area contributed by atoms with Gasteiger partial charge in [0.05, 0.1) is 11.4 Å². The quantitative estimate of drug-likeness (QED) is 0.185. The Morgan fingerprint density at radius 3 is 2.28 bits per heavy atom. The molecule has 0 bridgehead atoms. The van der Waals surface area contributed by atoms with Crippen molar-refractivity contribution in [3.8, 4) is 22.8 Å². The predicted octanol–water partition coefficient (Wildman–Crippen LogP) is 6.01. The summed E-state index contributed by atoms with van der Waals surface area (Å²) in [5.41, 5.74) is 11.4. The Morgan fingerprint density at radius 2 is 1.52 bits per heavy atom. The van der Waals surface area contributed by atoms with Gasteiger partial charge in [-0.25, -0.2) is 19.4 Å². The number of piperidine rings is 4. The number of likely N-dealkylation sites (tertiary alicyclic amines) is 2. The van der Waals surface area contributed by atoms with E-state index in [4.69, 9.17) is 15.6 Å². The van der Waals surface area contributed by atoms with Gasteiger partial charge in [0.2, 0.25) is 11.8 Å². The maximum Gasteiger partial charge on any atom is 0.320 e. The topological polar surface area (TPSA) is 172 Å². The van der Waals surface area contributed by atoms with Crippen molar-refractivity contribution in [2.45, 2.75) is 70.0 Å². The minimum absolute atomic E-state index is 0.0536. The highest BCUT2D eigenvalue weighted by Gasteiger charge is 2.40. The third-order valence-electron chi connectivity index (χ3n) is 13.5.